The number of amides is 6. The average molecular weight is 1320 g/mol. The van der Waals surface area contributed by atoms with E-state index in [1.54, 1.807) is 55.8 Å². The Morgan fingerprint density at radius 3 is 2.43 bits per heavy atom. The standard InChI is InChI=1S/C66H82FN11O15S/c1-8-66(88)50-26-54-59-49(32-76(54)31-48(50)63(85)93-64(66)86)58-52(20-19-46-38(5)51(67)27-53(72-59)57(46)58)71-55(80)34-91-35-75(22-23-94(7,89)90)65(87)92-33-41-13-17-43(18-14-41)70-60(82)39(6)69-61(83)47(36(2)3)25-45(79)10-9-21-77-30-44(73-74-77)28-68-42-15-11-40(12-16-42)29-78-56(81)24-37(4)62(78)84/h13-14,17-18,26-27,30,36-37,39-40,42,47,52,68,88H,8-12,15-16,19-25,28-29,31-35H2,1-7H3,(H,69,83)(H,70,82)(H,71,80)/t37?,39-,40?,42?,47-,52-,66-/m0/s1. The van der Waals surface area contributed by atoms with Crippen LogP contribution in [0.1, 0.15) is 144 Å². The van der Waals surface area contributed by atoms with Crippen LogP contribution in [0.2, 0.25) is 0 Å². The van der Waals surface area contributed by atoms with Crippen LogP contribution in [-0.4, -0.2) is 164 Å². The zero-order valence-corrected chi connectivity index (χ0v) is 54.8. The maximum Gasteiger partial charge on any atom is 0.411 e. The van der Waals surface area contributed by atoms with Crippen molar-refractivity contribution in [1.82, 2.24) is 50.6 Å². The minimum atomic E-state index is -3.58. The number of hydrogen-bond donors (Lipinski definition) is 5. The molecule has 2 aliphatic carbocycles. The van der Waals surface area contributed by atoms with Crippen molar-refractivity contribution in [3.8, 4) is 0 Å². The van der Waals surface area contributed by atoms with Crippen molar-refractivity contribution in [1.29, 1.82) is 0 Å². The van der Waals surface area contributed by atoms with Gasteiger partial charge in [-0.25, -0.2) is 32.2 Å². The maximum absolute atomic E-state index is 15.5. The number of carbonyl (C=O) groups excluding carboxylic acids is 9. The predicted molar refractivity (Wildman–Crippen MR) is 338 cm³/mol. The van der Waals surface area contributed by atoms with Crippen LogP contribution in [0.15, 0.2) is 53.8 Å². The summed E-state index contributed by atoms with van der Waals surface area (Å²) in [7, 11) is -3.58. The third-order valence-corrected chi connectivity index (χ3v) is 19.8. The van der Waals surface area contributed by atoms with Gasteiger partial charge in [0, 0.05) is 111 Å². The van der Waals surface area contributed by atoms with Gasteiger partial charge in [0.05, 0.1) is 46.5 Å². The number of nitrogens with zero attached hydrogens (tertiary/aromatic N) is 7. The number of anilines is 1. The Morgan fingerprint density at radius 1 is 0.989 bits per heavy atom. The Hall–Kier alpha value is -8.34. The number of halogens is 1. The quantitative estimate of drug-likeness (QED) is 0.0229. The molecule has 6 heterocycles. The van der Waals surface area contributed by atoms with Crippen molar-refractivity contribution in [3.63, 3.8) is 0 Å². The first-order valence-electron chi connectivity index (χ1n) is 32.2. The van der Waals surface area contributed by atoms with Crippen LogP contribution in [0.4, 0.5) is 14.9 Å². The largest absolute Gasteiger partial charge is 0.444 e. The Kier molecular flexibility index (Phi) is 20.9. The summed E-state index contributed by atoms with van der Waals surface area (Å²) >= 11 is 0. The van der Waals surface area contributed by atoms with Gasteiger partial charge in [0.2, 0.25) is 29.5 Å². The Balaban J connectivity index is 0.663. The summed E-state index contributed by atoms with van der Waals surface area (Å²) in [6, 6.07) is 6.35. The maximum atomic E-state index is 15.5. The number of sulfone groups is 1. The van der Waals surface area contributed by atoms with Gasteiger partial charge in [0.25, 0.3) is 0 Å². The van der Waals surface area contributed by atoms with E-state index in [2.05, 4.69) is 31.6 Å². The topological polar surface area (TPSA) is 337 Å². The van der Waals surface area contributed by atoms with Gasteiger partial charge in [-0.3, -0.25) is 43.2 Å². The van der Waals surface area contributed by atoms with Gasteiger partial charge in [0.15, 0.2) is 5.60 Å². The lowest BCUT2D eigenvalue weighted by molar-refractivity contribution is -0.172. The number of carbonyl (C=O) groups is 9. The van der Waals surface area contributed by atoms with E-state index >= 15 is 4.39 Å². The molecule has 2 aromatic carbocycles. The highest BCUT2D eigenvalue weighted by Crippen LogP contribution is 2.48. The minimum Gasteiger partial charge on any atom is -0.444 e. The molecule has 2 fully saturated rings. The molecule has 0 bridgehead atoms. The molecule has 6 aliphatic rings. The number of esters is 2. The molecule has 26 nitrogen and oxygen atoms in total. The van der Waals surface area contributed by atoms with Gasteiger partial charge < -0.3 is 45.5 Å². The zero-order chi connectivity index (χ0) is 67.5. The van der Waals surface area contributed by atoms with E-state index in [9.17, 15) is 56.7 Å². The van der Waals surface area contributed by atoms with Crippen LogP contribution in [0.25, 0.3) is 16.6 Å². The molecule has 5 N–H and O–H groups in total. The number of fused-ring (bicyclic) bond motifs is 4. The van der Waals surface area contributed by atoms with Crippen LogP contribution >= 0.6 is 0 Å². The smallest absolute Gasteiger partial charge is 0.411 e. The summed E-state index contributed by atoms with van der Waals surface area (Å²) in [6.45, 7) is 10.3. The number of benzene rings is 2. The third kappa shape index (κ3) is 15.4. The van der Waals surface area contributed by atoms with E-state index in [0.717, 1.165) is 48.1 Å². The molecule has 94 heavy (non-hydrogen) atoms. The van der Waals surface area contributed by atoms with Crippen molar-refractivity contribution < 1.29 is 75.3 Å². The number of aryl methyl sites for hydroxylation is 2. The van der Waals surface area contributed by atoms with E-state index in [4.69, 9.17) is 19.2 Å². The first kappa shape index (κ1) is 68.5. The van der Waals surface area contributed by atoms with Crippen LogP contribution in [0.3, 0.4) is 0 Å². The normalized spacial score (nSPS) is 21.5. The summed E-state index contributed by atoms with van der Waals surface area (Å²) in [6.07, 6.45) is 8.89. The first-order chi connectivity index (χ1) is 44.7. The van der Waals surface area contributed by atoms with Gasteiger partial charge in [0.1, 0.15) is 47.4 Å². The molecule has 1 unspecified atom stereocenters. The van der Waals surface area contributed by atoms with Gasteiger partial charge in [-0.15, -0.1) is 5.10 Å². The third-order valence-electron chi connectivity index (χ3n) is 18.9. The number of ether oxygens (including phenoxy) is 3. The molecule has 0 radical (unpaired) electrons. The fourth-order valence-corrected chi connectivity index (χ4v) is 13.9. The monoisotopic (exact) mass is 1320 g/mol. The van der Waals surface area contributed by atoms with Crippen LogP contribution in [0.5, 0.6) is 0 Å². The summed E-state index contributed by atoms with van der Waals surface area (Å²) in [5.41, 5.74) is 3.65. The number of rotatable bonds is 27. The number of aliphatic hydroxyl groups is 1. The number of ketones is 1. The summed E-state index contributed by atoms with van der Waals surface area (Å²) < 4.78 is 57.9. The van der Waals surface area contributed by atoms with Crippen molar-refractivity contribution in [3.05, 3.63) is 98.8 Å². The zero-order valence-electron chi connectivity index (χ0n) is 54.0. The number of hydrogen-bond acceptors (Lipinski definition) is 20. The van der Waals surface area contributed by atoms with Gasteiger partial charge in [-0.1, -0.05) is 45.0 Å². The second-order valence-corrected chi connectivity index (χ2v) is 28.4. The number of likely N-dealkylation sites (tertiary alicyclic amines) is 1. The molecule has 2 aromatic heterocycles. The van der Waals surface area contributed by atoms with Crippen LogP contribution < -0.4 is 21.3 Å². The molecular weight excluding hydrogens is 1240 g/mol. The van der Waals surface area contributed by atoms with Crippen molar-refractivity contribution in [2.45, 2.75) is 162 Å². The fraction of sp³-hybridized carbons (Fsp3) is 0.545. The molecule has 10 rings (SSSR count). The summed E-state index contributed by atoms with van der Waals surface area (Å²) in [5.74, 6) is -5.43. The van der Waals surface area contributed by atoms with E-state index in [0.29, 0.717) is 108 Å². The lowest BCUT2D eigenvalue weighted by atomic mass is 9.81. The molecule has 4 aliphatic heterocycles. The van der Waals surface area contributed by atoms with E-state index < -0.39 is 94.1 Å². The number of pyridine rings is 1. The minimum absolute atomic E-state index is 0.00603. The van der Waals surface area contributed by atoms with Gasteiger partial charge in [-0.2, -0.15) is 0 Å². The molecule has 28 heteroatoms. The van der Waals surface area contributed by atoms with Crippen molar-refractivity contribution in [2.75, 3.05) is 50.3 Å². The molecule has 5 atom stereocenters. The van der Waals surface area contributed by atoms with E-state index in [1.165, 1.54) is 17.9 Å². The molecule has 504 valence electrons. The summed E-state index contributed by atoms with van der Waals surface area (Å²) in [5, 5.41) is 32.7. The molecule has 1 saturated heterocycles. The lowest BCUT2D eigenvalue weighted by Gasteiger charge is -2.36. The van der Waals surface area contributed by atoms with E-state index in [1.807, 2.05) is 24.9 Å². The Labute approximate surface area is 544 Å². The molecule has 1 saturated carbocycles. The van der Waals surface area contributed by atoms with Crippen LogP contribution in [-0.2, 0) is 95.1 Å². The number of aromatic nitrogens is 4. The van der Waals surface area contributed by atoms with Crippen molar-refractivity contribution in [2.24, 2.45) is 23.7 Å². The number of nitrogens with one attached hydrogen (secondary N) is 4. The van der Waals surface area contributed by atoms with Crippen LogP contribution in [0, 0.1) is 36.4 Å². The van der Waals surface area contributed by atoms with Crippen molar-refractivity contribution >= 4 is 85.5 Å². The van der Waals surface area contributed by atoms with Gasteiger partial charge in [-0.05, 0) is 118 Å². The lowest BCUT2D eigenvalue weighted by Crippen LogP contribution is -2.49. The average Bonchev–Trinajstić information content (AvgIpc) is 1.47. The fourth-order valence-electron chi connectivity index (χ4n) is 13.3. The first-order valence-corrected chi connectivity index (χ1v) is 34.2. The van der Waals surface area contributed by atoms with E-state index in [-0.39, 0.29) is 86.1 Å². The Morgan fingerprint density at radius 2 is 1.73 bits per heavy atom. The highest BCUT2D eigenvalue weighted by molar-refractivity contribution is 7.90. The molecule has 0 spiro atoms. The number of imide groups is 1. The SMILES string of the molecule is CC[C@@]1(O)C(=O)OC(=O)C2=C1C=C1c3nc4cc(F)c(C)c5c4c(c3CN1C2)[C@@H](NC(=O)COCN(CCS(C)(=O)=O)C(=O)OCc1ccc(NC(=O)[C@H](C)NC(=O)[C@@H](CC(=O)CCCn2cc(CNC3CCC(CN4C(=O)CC(C)C4=O)CC3)nn2)C(C)C)cc1)CC5. The second kappa shape index (κ2) is 28.7. The summed E-state index contributed by atoms with van der Waals surface area (Å²) in [4.78, 5) is 127. The molecular formula is C66H82FN11O15S. The number of Topliss-reactive ketones (excluding diaryl/α,β-unsaturated/α-hetero) is 1. The Bertz CT molecular complexity index is 3860. The second-order valence-electron chi connectivity index (χ2n) is 26.1. The molecule has 4 aromatic rings. The number of cyclic esters (lactones) is 2. The predicted octanol–water partition coefficient (Wildman–Crippen LogP) is 4.92. The highest BCUT2D eigenvalue weighted by Gasteiger charge is 2.51. The molecule has 6 amide bonds. The highest BCUT2D eigenvalue weighted by atomic mass is 32.2. The van der Waals surface area contributed by atoms with Gasteiger partial charge >= 0.3 is 18.0 Å².